The molecule has 0 aromatic carbocycles. The largest absolute Gasteiger partial charge is 0.306 e. The summed E-state index contributed by atoms with van der Waals surface area (Å²) in [7, 11) is 4.35. The first kappa shape index (κ1) is 7.07. The van der Waals surface area contributed by atoms with Gasteiger partial charge in [-0.1, -0.05) is 13.3 Å². The molecule has 0 amide bonds. The summed E-state index contributed by atoms with van der Waals surface area (Å²) in [6, 6.07) is 0.898. The van der Waals surface area contributed by atoms with E-state index >= 15 is 0 Å². The molecule has 0 N–H and O–H groups in total. The molecule has 0 aromatic heterocycles. The van der Waals surface area contributed by atoms with Crippen LogP contribution in [0.2, 0.25) is 0 Å². The van der Waals surface area contributed by atoms with Crippen LogP contribution < -0.4 is 0 Å². The summed E-state index contributed by atoms with van der Waals surface area (Å²) >= 11 is 0. The van der Waals surface area contributed by atoms with E-state index in [4.69, 9.17) is 0 Å². The first-order valence-corrected chi connectivity index (χ1v) is 3.90. The van der Waals surface area contributed by atoms with Crippen molar-refractivity contribution in [2.24, 2.45) is 5.92 Å². The summed E-state index contributed by atoms with van der Waals surface area (Å²) in [6.45, 7) is 2.29. The molecule has 0 saturated heterocycles. The van der Waals surface area contributed by atoms with Crippen molar-refractivity contribution in [3.63, 3.8) is 0 Å². The zero-order valence-electron chi connectivity index (χ0n) is 6.72. The Morgan fingerprint density at radius 1 is 1.33 bits per heavy atom. The van der Waals surface area contributed by atoms with Gasteiger partial charge >= 0.3 is 0 Å². The van der Waals surface area contributed by atoms with Gasteiger partial charge in [0.25, 0.3) is 0 Å². The van der Waals surface area contributed by atoms with E-state index in [-0.39, 0.29) is 0 Å². The third-order valence-electron chi connectivity index (χ3n) is 2.52. The number of nitrogens with zero attached hydrogens (tertiary/aromatic N) is 1. The first-order valence-electron chi connectivity index (χ1n) is 3.90. The van der Waals surface area contributed by atoms with Gasteiger partial charge in [-0.15, -0.1) is 0 Å². The molecule has 1 saturated carbocycles. The molecular weight excluding hydrogens is 110 g/mol. The minimum atomic E-state index is 0.898. The van der Waals surface area contributed by atoms with Gasteiger partial charge in [0.1, 0.15) is 0 Å². The van der Waals surface area contributed by atoms with Crippen LogP contribution in [0.4, 0.5) is 0 Å². The summed E-state index contributed by atoms with van der Waals surface area (Å²) < 4.78 is 0. The Bertz CT molecular complexity index is 82.6. The second-order valence-corrected chi connectivity index (χ2v) is 3.36. The molecule has 0 aromatic rings. The molecule has 1 heteroatoms. The minimum Gasteiger partial charge on any atom is -0.306 e. The molecular formula is C8H17N. The molecule has 0 heterocycles. The molecule has 0 radical (unpaired) electrons. The van der Waals surface area contributed by atoms with Crippen LogP contribution in [0.3, 0.4) is 0 Å². The van der Waals surface area contributed by atoms with Gasteiger partial charge in [0.15, 0.2) is 0 Å². The van der Waals surface area contributed by atoms with Crippen LogP contribution in [0, 0.1) is 5.92 Å². The van der Waals surface area contributed by atoms with Gasteiger partial charge in [-0.05, 0) is 32.9 Å². The molecule has 9 heavy (non-hydrogen) atoms. The Morgan fingerprint density at radius 3 is 2.22 bits per heavy atom. The van der Waals surface area contributed by atoms with Crippen molar-refractivity contribution < 1.29 is 0 Å². The molecule has 0 unspecified atom stereocenters. The lowest BCUT2D eigenvalue weighted by atomic mass is 9.78. The van der Waals surface area contributed by atoms with Crippen LogP contribution >= 0.6 is 0 Å². The van der Waals surface area contributed by atoms with E-state index in [1.807, 2.05) is 0 Å². The summed E-state index contributed by atoms with van der Waals surface area (Å²) in [5, 5.41) is 0. The van der Waals surface area contributed by atoms with Crippen LogP contribution in [0.25, 0.3) is 0 Å². The smallest absolute Gasteiger partial charge is 0.00944 e. The molecule has 1 rings (SSSR count). The Kier molecular flexibility index (Phi) is 2.12. The van der Waals surface area contributed by atoms with Crippen molar-refractivity contribution in [2.75, 3.05) is 14.1 Å². The highest BCUT2D eigenvalue weighted by atomic mass is 15.1. The molecule has 1 aliphatic rings. The third-order valence-corrected chi connectivity index (χ3v) is 2.52. The van der Waals surface area contributed by atoms with Gasteiger partial charge in [-0.2, -0.15) is 0 Å². The summed E-state index contributed by atoms with van der Waals surface area (Å²) in [5.41, 5.74) is 0. The summed E-state index contributed by atoms with van der Waals surface area (Å²) in [5.74, 6) is 1.04. The van der Waals surface area contributed by atoms with Gasteiger partial charge in [-0.25, -0.2) is 0 Å². The predicted molar refractivity (Wildman–Crippen MR) is 40.5 cm³/mol. The van der Waals surface area contributed by atoms with Crippen molar-refractivity contribution in [3.8, 4) is 0 Å². The van der Waals surface area contributed by atoms with E-state index < -0.39 is 0 Å². The molecule has 1 aliphatic carbocycles. The highest BCUT2D eigenvalue weighted by Crippen LogP contribution is 2.32. The van der Waals surface area contributed by atoms with Crippen molar-refractivity contribution in [1.29, 1.82) is 0 Å². The van der Waals surface area contributed by atoms with E-state index in [1.54, 1.807) is 0 Å². The Hall–Kier alpha value is -0.0400. The summed E-state index contributed by atoms with van der Waals surface area (Å²) in [4.78, 5) is 2.34. The fourth-order valence-electron chi connectivity index (χ4n) is 1.46. The quantitative estimate of drug-likeness (QED) is 0.546. The van der Waals surface area contributed by atoms with Crippen molar-refractivity contribution in [1.82, 2.24) is 4.90 Å². The standard InChI is InChI=1S/C8H17N/c1-4-7-5-8(6-7)9(2)3/h7-8H,4-6H2,1-3H3. The lowest BCUT2D eigenvalue weighted by Gasteiger charge is -2.39. The molecule has 1 fully saturated rings. The van der Waals surface area contributed by atoms with Gasteiger partial charge in [0.05, 0.1) is 0 Å². The van der Waals surface area contributed by atoms with Crippen LogP contribution in [0.1, 0.15) is 26.2 Å². The predicted octanol–water partition coefficient (Wildman–Crippen LogP) is 1.74. The SMILES string of the molecule is CCC1CC(N(C)C)C1. The second-order valence-electron chi connectivity index (χ2n) is 3.36. The van der Waals surface area contributed by atoms with Crippen LogP contribution in [0.15, 0.2) is 0 Å². The van der Waals surface area contributed by atoms with Crippen LogP contribution in [-0.2, 0) is 0 Å². The number of hydrogen-bond donors (Lipinski definition) is 0. The van der Waals surface area contributed by atoms with Gasteiger partial charge < -0.3 is 4.90 Å². The molecule has 0 bridgehead atoms. The maximum absolute atomic E-state index is 2.34. The van der Waals surface area contributed by atoms with Gasteiger partial charge in [-0.3, -0.25) is 0 Å². The minimum absolute atomic E-state index is 0.898. The topological polar surface area (TPSA) is 3.24 Å². The van der Waals surface area contributed by atoms with Crippen molar-refractivity contribution in [2.45, 2.75) is 32.2 Å². The Morgan fingerprint density at radius 2 is 1.89 bits per heavy atom. The molecule has 0 spiro atoms. The first-order chi connectivity index (χ1) is 4.24. The summed E-state index contributed by atoms with van der Waals surface area (Å²) in [6.07, 6.45) is 4.25. The highest BCUT2D eigenvalue weighted by molar-refractivity contribution is 4.83. The van der Waals surface area contributed by atoms with E-state index in [1.165, 1.54) is 19.3 Å². The fraction of sp³-hybridized carbons (Fsp3) is 1.00. The fourth-order valence-corrected chi connectivity index (χ4v) is 1.46. The van der Waals surface area contributed by atoms with E-state index in [0.717, 1.165) is 12.0 Å². The molecule has 1 nitrogen and oxygen atoms in total. The van der Waals surface area contributed by atoms with Crippen LogP contribution in [0.5, 0.6) is 0 Å². The highest BCUT2D eigenvalue weighted by Gasteiger charge is 2.28. The molecule has 0 atom stereocenters. The number of hydrogen-bond acceptors (Lipinski definition) is 1. The Labute approximate surface area is 58.0 Å². The van der Waals surface area contributed by atoms with Gasteiger partial charge in [0, 0.05) is 6.04 Å². The number of rotatable bonds is 2. The zero-order valence-corrected chi connectivity index (χ0v) is 6.72. The lowest BCUT2D eigenvalue weighted by Crippen LogP contribution is -2.39. The Balaban J connectivity index is 2.12. The lowest BCUT2D eigenvalue weighted by molar-refractivity contribution is 0.121. The normalized spacial score (nSPS) is 34.7. The average molecular weight is 127 g/mol. The zero-order chi connectivity index (χ0) is 6.85. The second kappa shape index (κ2) is 2.70. The maximum Gasteiger partial charge on any atom is 0.00944 e. The van der Waals surface area contributed by atoms with Crippen molar-refractivity contribution in [3.05, 3.63) is 0 Å². The third kappa shape index (κ3) is 1.45. The molecule has 54 valence electrons. The van der Waals surface area contributed by atoms with E-state index in [9.17, 15) is 0 Å². The van der Waals surface area contributed by atoms with E-state index in [0.29, 0.717) is 0 Å². The average Bonchev–Trinajstić information content (AvgIpc) is 1.61. The van der Waals surface area contributed by atoms with Gasteiger partial charge in [0.2, 0.25) is 0 Å². The monoisotopic (exact) mass is 127 g/mol. The van der Waals surface area contributed by atoms with Crippen molar-refractivity contribution >= 4 is 0 Å². The molecule has 0 aliphatic heterocycles. The maximum atomic E-state index is 2.34. The van der Waals surface area contributed by atoms with E-state index in [2.05, 4.69) is 25.9 Å². The van der Waals surface area contributed by atoms with Crippen LogP contribution in [-0.4, -0.2) is 25.0 Å².